The van der Waals surface area contributed by atoms with E-state index in [4.69, 9.17) is 0 Å². The van der Waals surface area contributed by atoms with Crippen molar-refractivity contribution in [2.45, 2.75) is 6.92 Å². The molecule has 0 spiro atoms. The van der Waals surface area contributed by atoms with Gasteiger partial charge >= 0.3 is 0 Å². The number of hydrogen-bond acceptors (Lipinski definition) is 2. The van der Waals surface area contributed by atoms with Gasteiger partial charge in [0.25, 0.3) is 5.69 Å². The summed E-state index contributed by atoms with van der Waals surface area (Å²) < 4.78 is 0.671. The molecule has 0 saturated heterocycles. The Morgan fingerprint density at radius 2 is 1.88 bits per heavy atom. The Morgan fingerprint density at radius 3 is 2.59 bits per heavy atom. The number of rotatable bonds is 2. The molecule has 0 radical (unpaired) electrons. The van der Waals surface area contributed by atoms with E-state index in [9.17, 15) is 10.3 Å². The Labute approximate surface area is 99.9 Å². The van der Waals surface area contributed by atoms with Gasteiger partial charge in [0, 0.05) is 11.6 Å². The minimum atomic E-state index is -0.0218. The van der Waals surface area contributed by atoms with Gasteiger partial charge in [0.05, 0.1) is 0 Å². The van der Waals surface area contributed by atoms with Gasteiger partial charge < -0.3 is 10.3 Å². The van der Waals surface area contributed by atoms with Crippen molar-refractivity contribution in [1.29, 1.82) is 0 Å². The number of para-hydroxylation sites is 2. The average Bonchev–Trinajstić information content (AvgIpc) is 2.29. The van der Waals surface area contributed by atoms with E-state index in [-0.39, 0.29) is 11.4 Å². The van der Waals surface area contributed by atoms with E-state index in [0.29, 0.717) is 4.74 Å². The van der Waals surface area contributed by atoms with Gasteiger partial charge in [-0.05, 0) is 25.1 Å². The molecule has 0 aliphatic rings. The Morgan fingerprint density at radius 1 is 1.12 bits per heavy atom. The van der Waals surface area contributed by atoms with Crippen LogP contribution in [0.4, 0.5) is 5.69 Å². The average molecular weight is 227 g/mol. The number of aromatic hydroxyl groups is 1. The SMILES string of the molecule is Cc1cccc(C=[N+]([O-])c2ccccc2O)c1. The second-order valence-electron chi connectivity index (χ2n) is 3.86. The lowest BCUT2D eigenvalue weighted by Gasteiger charge is -2.04. The lowest BCUT2D eigenvalue weighted by atomic mass is 10.1. The van der Waals surface area contributed by atoms with Crippen LogP contribution in [0, 0.1) is 12.1 Å². The van der Waals surface area contributed by atoms with Gasteiger partial charge in [0.2, 0.25) is 0 Å². The first kappa shape index (κ1) is 11.2. The fourth-order valence-electron chi connectivity index (χ4n) is 1.61. The van der Waals surface area contributed by atoms with Crippen LogP contribution in [-0.4, -0.2) is 16.1 Å². The molecule has 0 aliphatic carbocycles. The maximum Gasteiger partial charge on any atom is 0.258 e. The molecule has 0 saturated carbocycles. The molecule has 0 bridgehead atoms. The van der Waals surface area contributed by atoms with Crippen molar-refractivity contribution in [3.8, 4) is 5.75 Å². The number of phenolic OH excluding ortho intramolecular Hbond substituents is 1. The molecule has 0 aliphatic heterocycles. The van der Waals surface area contributed by atoms with Gasteiger partial charge in [-0.1, -0.05) is 29.8 Å². The zero-order valence-corrected chi connectivity index (χ0v) is 9.50. The molecule has 2 rings (SSSR count). The van der Waals surface area contributed by atoms with Crippen LogP contribution >= 0.6 is 0 Å². The third-order valence-electron chi connectivity index (χ3n) is 2.43. The first-order valence-corrected chi connectivity index (χ1v) is 5.33. The number of hydrogen-bond donors (Lipinski definition) is 1. The van der Waals surface area contributed by atoms with Crippen molar-refractivity contribution in [2.75, 3.05) is 0 Å². The van der Waals surface area contributed by atoms with E-state index in [2.05, 4.69) is 0 Å². The predicted molar refractivity (Wildman–Crippen MR) is 67.7 cm³/mol. The van der Waals surface area contributed by atoms with Crippen LogP contribution in [0.25, 0.3) is 0 Å². The van der Waals surface area contributed by atoms with Gasteiger partial charge in [-0.2, -0.15) is 4.74 Å². The summed E-state index contributed by atoms with van der Waals surface area (Å²) in [6.45, 7) is 1.96. The molecule has 86 valence electrons. The third-order valence-corrected chi connectivity index (χ3v) is 2.43. The van der Waals surface area contributed by atoms with E-state index in [0.717, 1.165) is 11.1 Å². The highest BCUT2D eigenvalue weighted by atomic mass is 16.5. The summed E-state index contributed by atoms with van der Waals surface area (Å²) >= 11 is 0. The molecule has 17 heavy (non-hydrogen) atoms. The third kappa shape index (κ3) is 2.64. The summed E-state index contributed by atoms with van der Waals surface area (Å²) in [5.74, 6) is -0.0218. The van der Waals surface area contributed by atoms with Crippen LogP contribution in [-0.2, 0) is 0 Å². The van der Waals surface area contributed by atoms with Crippen molar-refractivity contribution in [3.05, 3.63) is 64.9 Å². The summed E-state index contributed by atoms with van der Waals surface area (Å²) in [5.41, 5.74) is 2.14. The van der Waals surface area contributed by atoms with Crippen molar-refractivity contribution < 1.29 is 9.85 Å². The van der Waals surface area contributed by atoms with E-state index >= 15 is 0 Å². The minimum Gasteiger partial charge on any atom is -0.618 e. The molecule has 0 fully saturated rings. The summed E-state index contributed by atoms with van der Waals surface area (Å²) in [6, 6.07) is 14.1. The topological polar surface area (TPSA) is 46.3 Å². The van der Waals surface area contributed by atoms with Crippen LogP contribution in [0.1, 0.15) is 11.1 Å². The molecule has 1 N–H and O–H groups in total. The van der Waals surface area contributed by atoms with Gasteiger partial charge in [-0.25, -0.2) is 0 Å². The molecule has 2 aromatic rings. The molecule has 3 heteroatoms. The maximum atomic E-state index is 11.8. The second kappa shape index (κ2) is 4.70. The molecule has 0 unspecified atom stereocenters. The Hall–Kier alpha value is -2.29. The summed E-state index contributed by atoms with van der Waals surface area (Å²) in [5, 5.41) is 21.4. The van der Waals surface area contributed by atoms with Crippen LogP contribution in [0.5, 0.6) is 5.75 Å². The summed E-state index contributed by atoms with van der Waals surface area (Å²) in [7, 11) is 0. The van der Waals surface area contributed by atoms with Gasteiger partial charge in [0.1, 0.15) is 0 Å². The van der Waals surface area contributed by atoms with Crippen LogP contribution in [0.15, 0.2) is 48.5 Å². The highest BCUT2D eigenvalue weighted by Gasteiger charge is 2.07. The van der Waals surface area contributed by atoms with Crippen molar-refractivity contribution in [2.24, 2.45) is 0 Å². The van der Waals surface area contributed by atoms with Crippen LogP contribution in [0.3, 0.4) is 0 Å². The smallest absolute Gasteiger partial charge is 0.258 e. The van der Waals surface area contributed by atoms with Crippen LogP contribution < -0.4 is 0 Å². The van der Waals surface area contributed by atoms with Crippen molar-refractivity contribution in [1.82, 2.24) is 0 Å². The number of nitrogens with zero attached hydrogens (tertiary/aromatic N) is 1. The first-order valence-electron chi connectivity index (χ1n) is 5.33. The fourth-order valence-corrected chi connectivity index (χ4v) is 1.61. The van der Waals surface area contributed by atoms with E-state index < -0.39 is 0 Å². The molecule has 0 atom stereocenters. The molecule has 0 aromatic heterocycles. The Kier molecular flexibility index (Phi) is 3.10. The lowest BCUT2D eigenvalue weighted by molar-refractivity contribution is -0.355. The maximum absolute atomic E-state index is 11.8. The Bertz CT molecular complexity index is 562. The zero-order valence-electron chi connectivity index (χ0n) is 9.50. The van der Waals surface area contributed by atoms with E-state index in [1.165, 1.54) is 12.3 Å². The van der Waals surface area contributed by atoms with Gasteiger partial charge in [0.15, 0.2) is 12.0 Å². The minimum absolute atomic E-state index is 0.0218. The molecular formula is C14H13NO2. The number of aryl methyl sites for hydroxylation is 1. The van der Waals surface area contributed by atoms with Gasteiger partial charge in [-0.3, -0.25) is 0 Å². The molecule has 0 amide bonds. The fraction of sp³-hybridized carbons (Fsp3) is 0.0714. The van der Waals surface area contributed by atoms with Crippen molar-refractivity contribution in [3.63, 3.8) is 0 Å². The predicted octanol–water partition coefficient (Wildman–Crippen LogP) is 2.96. The highest BCUT2D eigenvalue weighted by Crippen LogP contribution is 2.23. The quantitative estimate of drug-likeness (QED) is 0.371. The Balaban J connectivity index is 2.38. The monoisotopic (exact) mass is 227 g/mol. The largest absolute Gasteiger partial charge is 0.618 e. The molecule has 2 aromatic carbocycles. The molecular weight excluding hydrogens is 214 g/mol. The first-order chi connectivity index (χ1) is 8.16. The summed E-state index contributed by atoms with van der Waals surface area (Å²) in [6.07, 6.45) is 1.45. The number of benzene rings is 2. The molecule has 3 nitrogen and oxygen atoms in total. The van der Waals surface area contributed by atoms with Gasteiger partial charge in [-0.15, -0.1) is 0 Å². The number of phenols is 1. The highest BCUT2D eigenvalue weighted by molar-refractivity contribution is 5.77. The van der Waals surface area contributed by atoms with Crippen molar-refractivity contribution >= 4 is 11.9 Å². The molecule has 0 heterocycles. The normalized spacial score (nSPS) is 11.5. The van der Waals surface area contributed by atoms with Crippen LogP contribution in [0.2, 0.25) is 0 Å². The van der Waals surface area contributed by atoms with E-state index in [1.807, 2.05) is 31.2 Å². The van der Waals surface area contributed by atoms with E-state index in [1.54, 1.807) is 18.2 Å². The zero-order chi connectivity index (χ0) is 12.3. The summed E-state index contributed by atoms with van der Waals surface area (Å²) in [4.78, 5) is 0. The second-order valence-corrected chi connectivity index (χ2v) is 3.86. The standard InChI is InChI=1S/C14H13NO2/c1-11-5-4-6-12(9-11)10-15(17)13-7-2-3-8-14(13)16/h2-10,16H,1H3. The lowest BCUT2D eigenvalue weighted by Crippen LogP contribution is -1.99.